The molecule has 0 aliphatic rings. The van der Waals surface area contributed by atoms with E-state index in [1.165, 1.54) is 4.90 Å². The second-order valence-electron chi connectivity index (χ2n) is 2.76. The topological polar surface area (TPSA) is 43.5 Å². The zero-order chi connectivity index (χ0) is 8.85. The molecule has 4 nitrogen and oxygen atoms in total. The molecule has 4 heteroatoms. The Hall–Kier alpha value is -0.610. The van der Waals surface area contributed by atoms with E-state index in [1.54, 1.807) is 7.05 Å². The molecule has 0 bridgehead atoms. The van der Waals surface area contributed by atoms with Crippen LogP contribution in [0.3, 0.4) is 0 Å². The number of amides is 1. The van der Waals surface area contributed by atoms with Crippen molar-refractivity contribution in [1.29, 1.82) is 0 Å². The molecule has 0 saturated heterocycles. The van der Waals surface area contributed by atoms with Crippen molar-refractivity contribution < 1.29 is 9.90 Å². The average Bonchev–Trinajstić information content (AvgIpc) is 1.98. The van der Waals surface area contributed by atoms with Gasteiger partial charge in [0.25, 0.3) is 5.91 Å². The summed E-state index contributed by atoms with van der Waals surface area (Å²) in [7, 11) is 5.49. The highest BCUT2D eigenvalue weighted by Gasteiger charge is 2.06. The first-order valence-corrected chi connectivity index (χ1v) is 3.54. The van der Waals surface area contributed by atoms with Crippen LogP contribution in [0.4, 0.5) is 0 Å². The van der Waals surface area contributed by atoms with Crippen molar-refractivity contribution in [1.82, 2.24) is 9.80 Å². The van der Waals surface area contributed by atoms with Crippen LogP contribution in [0.15, 0.2) is 0 Å². The molecule has 0 spiro atoms. The second-order valence-corrected chi connectivity index (χ2v) is 2.76. The van der Waals surface area contributed by atoms with Crippen LogP contribution in [0.1, 0.15) is 0 Å². The van der Waals surface area contributed by atoms with Crippen molar-refractivity contribution in [2.75, 3.05) is 40.8 Å². The maximum Gasteiger partial charge on any atom is 0.251 e. The molecule has 1 radical (unpaired) electrons. The molecule has 0 fully saturated rings. The van der Waals surface area contributed by atoms with Gasteiger partial charge in [-0.25, -0.2) is 5.11 Å². The van der Waals surface area contributed by atoms with Gasteiger partial charge in [0.1, 0.15) is 0 Å². The van der Waals surface area contributed by atoms with E-state index in [0.717, 1.165) is 6.54 Å². The molecular weight excluding hydrogens is 144 g/mol. The minimum absolute atomic E-state index is 0.341. The lowest BCUT2D eigenvalue weighted by Gasteiger charge is -2.17. The molecule has 11 heavy (non-hydrogen) atoms. The van der Waals surface area contributed by atoms with Crippen molar-refractivity contribution >= 4 is 5.91 Å². The maximum atomic E-state index is 10.7. The van der Waals surface area contributed by atoms with Crippen LogP contribution in [0, 0.1) is 0 Å². The highest BCUT2D eigenvalue weighted by molar-refractivity contribution is 5.76. The van der Waals surface area contributed by atoms with Crippen molar-refractivity contribution in [2.45, 2.75) is 0 Å². The Morgan fingerprint density at radius 2 is 1.73 bits per heavy atom. The molecule has 0 heterocycles. The third-order valence-corrected chi connectivity index (χ3v) is 1.43. The summed E-state index contributed by atoms with van der Waals surface area (Å²) < 4.78 is 0. The summed E-state index contributed by atoms with van der Waals surface area (Å²) in [5, 5.41) is 10.1. The summed E-state index contributed by atoms with van der Waals surface area (Å²) in [6.45, 7) is 0.764. The minimum atomic E-state index is -0.649. The third kappa shape index (κ3) is 4.75. The Kier molecular flexibility index (Phi) is 4.81. The van der Waals surface area contributed by atoms with Crippen LogP contribution < -0.4 is 0 Å². The Morgan fingerprint density at radius 1 is 1.18 bits per heavy atom. The number of rotatable bonds is 4. The van der Waals surface area contributed by atoms with Gasteiger partial charge in [-0.15, -0.1) is 0 Å². The molecule has 0 rings (SSSR count). The first-order valence-electron chi connectivity index (χ1n) is 3.54. The van der Waals surface area contributed by atoms with Crippen LogP contribution >= 0.6 is 0 Å². The zero-order valence-corrected chi connectivity index (χ0v) is 7.33. The molecule has 0 N–H and O–H groups in total. The molecule has 0 aromatic carbocycles. The van der Waals surface area contributed by atoms with Gasteiger partial charge >= 0.3 is 0 Å². The predicted molar refractivity (Wildman–Crippen MR) is 41.7 cm³/mol. The number of carbonyl (C=O) groups excluding carboxylic acids is 1. The molecule has 0 aliphatic carbocycles. The molecular formula is C7H15N2O2. The van der Waals surface area contributed by atoms with Gasteiger partial charge in [-0.2, -0.15) is 0 Å². The maximum absolute atomic E-state index is 10.7. The summed E-state index contributed by atoms with van der Waals surface area (Å²) >= 11 is 0. The predicted octanol–water partition coefficient (Wildman–Crippen LogP) is -0.563. The van der Waals surface area contributed by atoms with Gasteiger partial charge in [0.2, 0.25) is 0 Å². The number of carbonyl (C=O) groups is 1. The SMILES string of the molecule is CN(C)CCN(C)C(=O)C[O]. The fourth-order valence-corrected chi connectivity index (χ4v) is 0.585. The smallest absolute Gasteiger partial charge is 0.251 e. The number of likely N-dealkylation sites (N-methyl/N-ethyl adjacent to an activating group) is 2. The Labute approximate surface area is 67.4 Å². The lowest BCUT2D eigenvalue weighted by Crippen LogP contribution is -2.34. The zero-order valence-electron chi connectivity index (χ0n) is 7.33. The molecule has 65 valence electrons. The van der Waals surface area contributed by atoms with E-state index in [1.807, 2.05) is 19.0 Å². The largest absolute Gasteiger partial charge is 0.342 e. The van der Waals surface area contributed by atoms with Crippen molar-refractivity contribution in [3.05, 3.63) is 0 Å². The highest BCUT2D eigenvalue weighted by Crippen LogP contribution is 1.84. The van der Waals surface area contributed by atoms with Crippen molar-refractivity contribution in [2.24, 2.45) is 0 Å². The normalized spacial score (nSPS) is 10.3. The second kappa shape index (κ2) is 5.09. The molecule has 1 amide bonds. The van der Waals surface area contributed by atoms with E-state index in [4.69, 9.17) is 0 Å². The molecule has 0 aliphatic heterocycles. The first-order chi connectivity index (χ1) is 5.07. The van der Waals surface area contributed by atoms with Crippen LogP contribution in [0.5, 0.6) is 0 Å². The number of nitrogens with zero attached hydrogens (tertiary/aromatic N) is 2. The van der Waals surface area contributed by atoms with Gasteiger partial charge in [0.05, 0.1) is 0 Å². The monoisotopic (exact) mass is 159 g/mol. The molecule has 0 saturated carbocycles. The van der Waals surface area contributed by atoms with Gasteiger partial charge < -0.3 is 9.80 Å². The Morgan fingerprint density at radius 3 is 2.09 bits per heavy atom. The van der Waals surface area contributed by atoms with Crippen LogP contribution in [-0.4, -0.2) is 56.5 Å². The van der Waals surface area contributed by atoms with Crippen molar-refractivity contribution in [3.63, 3.8) is 0 Å². The number of hydrogen-bond acceptors (Lipinski definition) is 2. The van der Waals surface area contributed by atoms with Crippen LogP contribution in [0.25, 0.3) is 0 Å². The quantitative estimate of drug-likeness (QED) is 0.551. The van der Waals surface area contributed by atoms with Crippen LogP contribution in [-0.2, 0) is 9.90 Å². The van der Waals surface area contributed by atoms with Crippen molar-refractivity contribution in [3.8, 4) is 0 Å². The van der Waals surface area contributed by atoms with Gasteiger partial charge in [0, 0.05) is 20.1 Å². The summed E-state index contributed by atoms with van der Waals surface area (Å²) in [4.78, 5) is 14.1. The minimum Gasteiger partial charge on any atom is -0.342 e. The average molecular weight is 159 g/mol. The molecule has 0 unspecified atom stereocenters. The van der Waals surface area contributed by atoms with E-state index in [-0.39, 0.29) is 5.91 Å². The van der Waals surface area contributed by atoms with E-state index in [2.05, 4.69) is 0 Å². The van der Waals surface area contributed by atoms with Crippen LogP contribution in [0.2, 0.25) is 0 Å². The van der Waals surface area contributed by atoms with E-state index in [0.29, 0.717) is 6.54 Å². The van der Waals surface area contributed by atoms with E-state index < -0.39 is 6.61 Å². The van der Waals surface area contributed by atoms with E-state index in [9.17, 15) is 9.90 Å². The van der Waals surface area contributed by atoms with Gasteiger partial charge in [0.15, 0.2) is 6.61 Å². The summed E-state index contributed by atoms with van der Waals surface area (Å²) in [5.74, 6) is -0.341. The Balaban J connectivity index is 3.52. The summed E-state index contributed by atoms with van der Waals surface area (Å²) in [6.07, 6.45) is 0. The molecule has 0 atom stereocenters. The Bertz CT molecular complexity index is 126. The number of hydrogen-bond donors (Lipinski definition) is 0. The summed E-state index contributed by atoms with van der Waals surface area (Å²) in [5.41, 5.74) is 0. The fraction of sp³-hybridized carbons (Fsp3) is 0.857. The molecule has 0 aromatic rings. The first kappa shape index (κ1) is 10.4. The lowest BCUT2D eigenvalue weighted by atomic mass is 10.5. The molecule has 0 aromatic heterocycles. The van der Waals surface area contributed by atoms with Gasteiger partial charge in [-0.3, -0.25) is 4.79 Å². The van der Waals surface area contributed by atoms with Gasteiger partial charge in [-0.1, -0.05) is 0 Å². The third-order valence-electron chi connectivity index (χ3n) is 1.43. The standard InChI is InChI=1S/C7H15N2O2/c1-8(2)4-5-9(3)7(11)6-10/h4-6H2,1-3H3. The lowest BCUT2D eigenvalue weighted by molar-refractivity contribution is -0.134. The van der Waals surface area contributed by atoms with E-state index >= 15 is 0 Å². The summed E-state index contributed by atoms with van der Waals surface area (Å²) in [6, 6.07) is 0. The van der Waals surface area contributed by atoms with Gasteiger partial charge in [-0.05, 0) is 14.1 Å². The highest BCUT2D eigenvalue weighted by atomic mass is 16.3. The fourth-order valence-electron chi connectivity index (χ4n) is 0.585.